The van der Waals surface area contributed by atoms with Crippen molar-refractivity contribution < 1.29 is 9.21 Å². The molecule has 30 heavy (non-hydrogen) atoms. The van der Waals surface area contributed by atoms with Crippen molar-refractivity contribution in [2.75, 3.05) is 12.0 Å². The zero-order valence-electron chi connectivity index (χ0n) is 16.4. The van der Waals surface area contributed by atoms with Gasteiger partial charge in [0.05, 0.1) is 24.3 Å². The molecule has 7 heteroatoms. The Labute approximate surface area is 183 Å². The number of amides is 1. The predicted octanol–water partition coefficient (Wildman–Crippen LogP) is 5.47. The first-order valence-corrected chi connectivity index (χ1v) is 11.7. The van der Waals surface area contributed by atoms with Gasteiger partial charge in [-0.2, -0.15) is 0 Å². The van der Waals surface area contributed by atoms with Crippen LogP contribution in [0.4, 0.5) is 0 Å². The second kappa shape index (κ2) is 9.73. The minimum atomic E-state index is -0.0655. The maximum Gasteiger partial charge on any atom is 0.230 e. The highest BCUT2D eigenvalue weighted by atomic mass is 32.2. The maximum atomic E-state index is 12.3. The highest BCUT2D eigenvalue weighted by Gasteiger charge is 2.15. The highest BCUT2D eigenvalue weighted by Crippen LogP contribution is 2.32. The van der Waals surface area contributed by atoms with Crippen molar-refractivity contribution in [3.05, 3.63) is 78.8 Å². The smallest absolute Gasteiger partial charge is 0.230 e. The lowest BCUT2D eigenvalue weighted by molar-refractivity contribution is -0.118. The summed E-state index contributed by atoms with van der Waals surface area (Å²) in [5.74, 6) is 1.73. The summed E-state index contributed by atoms with van der Waals surface area (Å²) in [6.45, 7) is 0.380. The Morgan fingerprint density at radius 3 is 2.53 bits per heavy atom. The van der Waals surface area contributed by atoms with Gasteiger partial charge in [-0.15, -0.1) is 11.8 Å². The van der Waals surface area contributed by atoms with Crippen molar-refractivity contribution in [3.63, 3.8) is 0 Å². The molecule has 2 heterocycles. The Kier molecular flexibility index (Phi) is 6.61. The van der Waals surface area contributed by atoms with Gasteiger partial charge in [0.2, 0.25) is 5.91 Å². The van der Waals surface area contributed by atoms with E-state index in [4.69, 9.17) is 9.40 Å². The Morgan fingerprint density at radius 2 is 1.83 bits per heavy atom. The van der Waals surface area contributed by atoms with Gasteiger partial charge < -0.3 is 14.7 Å². The SMILES string of the molecule is CSc1ccc(-c2nc(SCC(=O)NCc3ccco3)c(-c3ccccc3)[nH]2)cc1. The lowest BCUT2D eigenvalue weighted by Gasteiger charge is -2.04. The number of thioether (sulfide) groups is 2. The summed E-state index contributed by atoms with van der Waals surface area (Å²) in [7, 11) is 0. The van der Waals surface area contributed by atoms with Crippen LogP contribution in [0.5, 0.6) is 0 Å². The summed E-state index contributed by atoms with van der Waals surface area (Å²) in [4.78, 5) is 21.7. The topological polar surface area (TPSA) is 70.9 Å². The number of hydrogen-bond acceptors (Lipinski definition) is 5. The summed E-state index contributed by atoms with van der Waals surface area (Å²) in [6.07, 6.45) is 3.65. The van der Waals surface area contributed by atoms with Crippen molar-refractivity contribution in [2.45, 2.75) is 16.5 Å². The first kappa shape index (κ1) is 20.4. The fourth-order valence-corrected chi connectivity index (χ4v) is 4.18. The van der Waals surface area contributed by atoms with E-state index >= 15 is 0 Å². The summed E-state index contributed by atoms with van der Waals surface area (Å²) in [6, 6.07) is 22.0. The lowest BCUT2D eigenvalue weighted by Crippen LogP contribution is -2.24. The maximum absolute atomic E-state index is 12.3. The molecule has 1 amide bonds. The van der Waals surface area contributed by atoms with Crippen LogP contribution >= 0.6 is 23.5 Å². The van der Waals surface area contributed by atoms with E-state index in [1.54, 1.807) is 24.1 Å². The molecule has 0 unspecified atom stereocenters. The number of carbonyl (C=O) groups is 1. The largest absolute Gasteiger partial charge is 0.467 e. The van der Waals surface area contributed by atoms with Crippen LogP contribution in [-0.2, 0) is 11.3 Å². The van der Waals surface area contributed by atoms with Gasteiger partial charge in [0.15, 0.2) is 0 Å². The van der Waals surface area contributed by atoms with E-state index in [1.807, 2.05) is 36.4 Å². The second-order valence-corrected chi connectivity index (χ2v) is 8.35. The van der Waals surface area contributed by atoms with Gasteiger partial charge >= 0.3 is 0 Å². The number of aromatic amines is 1. The van der Waals surface area contributed by atoms with E-state index in [0.29, 0.717) is 6.54 Å². The molecule has 4 aromatic rings. The van der Waals surface area contributed by atoms with Gasteiger partial charge in [-0.1, -0.05) is 54.2 Å². The number of hydrogen-bond donors (Lipinski definition) is 2. The summed E-state index contributed by atoms with van der Waals surface area (Å²) in [5.41, 5.74) is 2.97. The third-order valence-electron chi connectivity index (χ3n) is 4.48. The van der Waals surface area contributed by atoms with Crippen LogP contribution < -0.4 is 5.32 Å². The number of rotatable bonds is 8. The van der Waals surface area contributed by atoms with Crippen LogP contribution in [0.1, 0.15) is 5.76 Å². The third-order valence-corrected chi connectivity index (χ3v) is 6.20. The van der Waals surface area contributed by atoms with E-state index < -0.39 is 0 Å². The number of H-pyrrole nitrogens is 1. The average Bonchev–Trinajstić information content (AvgIpc) is 3.47. The molecule has 4 rings (SSSR count). The number of carbonyl (C=O) groups excluding carboxylic acids is 1. The summed E-state index contributed by atoms with van der Waals surface area (Å²) >= 11 is 3.13. The molecular weight excluding hydrogens is 414 g/mol. The van der Waals surface area contributed by atoms with Crippen molar-refractivity contribution in [1.29, 1.82) is 0 Å². The molecule has 2 aromatic carbocycles. The molecule has 0 saturated carbocycles. The molecule has 0 aliphatic rings. The fourth-order valence-electron chi connectivity index (χ4n) is 2.93. The van der Waals surface area contributed by atoms with Crippen molar-refractivity contribution in [2.24, 2.45) is 0 Å². The van der Waals surface area contributed by atoms with Crippen LogP contribution in [0, 0.1) is 0 Å². The van der Waals surface area contributed by atoms with Crippen LogP contribution in [0.15, 0.2) is 87.3 Å². The number of aromatic nitrogens is 2. The van der Waals surface area contributed by atoms with E-state index in [1.165, 1.54) is 16.7 Å². The number of nitrogens with zero attached hydrogens (tertiary/aromatic N) is 1. The molecular formula is C23H21N3O2S2. The Hall–Kier alpha value is -2.90. The highest BCUT2D eigenvalue weighted by molar-refractivity contribution is 8.00. The van der Waals surface area contributed by atoms with Gasteiger partial charge in [-0.3, -0.25) is 4.79 Å². The molecule has 5 nitrogen and oxygen atoms in total. The normalized spacial score (nSPS) is 10.8. The van der Waals surface area contributed by atoms with E-state index in [9.17, 15) is 4.79 Å². The summed E-state index contributed by atoms with van der Waals surface area (Å²) in [5, 5.41) is 3.68. The number of benzene rings is 2. The molecule has 152 valence electrons. The van der Waals surface area contributed by atoms with Crippen molar-refractivity contribution in [1.82, 2.24) is 15.3 Å². The number of furan rings is 1. The molecule has 0 atom stereocenters. The first-order chi connectivity index (χ1) is 14.7. The minimum Gasteiger partial charge on any atom is -0.467 e. The van der Waals surface area contributed by atoms with Crippen LogP contribution in [0.3, 0.4) is 0 Å². The number of imidazole rings is 1. The Morgan fingerprint density at radius 1 is 1.03 bits per heavy atom. The van der Waals surface area contributed by atoms with Gasteiger partial charge in [0.1, 0.15) is 16.6 Å². The number of nitrogens with one attached hydrogen (secondary N) is 2. The summed E-state index contributed by atoms with van der Waals surface area (Å²) < 4.78 is 5.25. The van der Waals surface area contributed by atoms with E-state index in [2.05, 4.69) is 40.8 Å². The third kappa shape index (κ3) is 4.98. The minimum absolute atomic E-state index is 0.0655. The standard InChI is InChI=1S/C23H21N3O2S2/c1-29-19-11-9-17(10-12-19)22-25-21(16-6-3-2-4-7-16)23(26-22)30-15-20(27)24-14-18-8-5-13-28-18/h2-13H,14-15H2,1H3,(H,24,27)(H,25,26). The predicted molar refractivity (Wildman–Crippen MR) is 123 cm³/mol. The molecule has 0 aliphatic heterocycles. The molecule has 0 aliphatic carbocycles. The monoisotopic (exact) mass is 435 g/mol. The van der Waals surface area contributed by atoms with Gasteiger partial charge in [0, 0.05) is 16.0 Å². The first-order valence-electron chi connectivity index (χ1n) is 9.44. The quantitative estimate of drug-likeness (QED) is 0.359. The molecule has 0 saturated heterocycles. The zero-order chi connectivity index (χ0) is 20.8. The van der Waals surface area contributed by atoms with Crippen LogP contribution in [0.25, 0.3) is 22.6 Å². The van der Waals surface area contributed by atoms with Crippen LogP contribution in [0.2, 0.25) is 0 Å². The van der Waals surface area contributed by atoms with Crippen LogP contribution in [-0.4, -0.2) is 27.9 Å². The van der Waals surface area contributed by atoms with Gasteiger partial charge in [-0.25, -0.2) is 4.98 Å². The second-order valence-electron chi connectivity index (χ2n) is 6.50. The molecule has 0 fully saturated rings. The van der Waals surface area contributed by atoms with Gasteiger partial charge in [0.25, 0.3) is 0 Å². The van der Waals surface area contributed by atoms with Gasteiger partial charge in [-0.05, 0) is 30.5 Å². The fraction of sp³-hybridized carbons (Fsp3) is 0.130. The van der Waals surface area contributed by atoms with E-state index in [0.717, 1.165) is 33.4 Å². The van der Waals surface area contributed by atoms with E-state index in [-0.39, 0.29) is 11.7 Å². The molecule has 2 aromatic heterocycles. The van der Waals surface area contributed by atoms with Crippen molar-refractivity contribution >= 4 is 29.4 Å². The molecule has 0 spiro atoms. The molecule has 0 radical (unpaired) electrons. The molecule has 0 bridgehead atoms. The van der Waals surface area contributed by atoms with Crippen molar-refractivity contribution in [3.8, 4) is 22.6 Å². The molecule has 2 N–H and O–H groups in total. The average molecular weight is 436 g/mol. The Balaban J connectivity index is 1.52. The Bertz CT molecular complexity index is 1090. The zero-order valence-corrected chi connectivity index (χ0v) is 18.1. The lowest BCUT2D eigenvalue weighted by atomic mass is 10.2.